The number of rotatable bonds is 5. The topological polar surface area (TPSA) is 56.3 Å². The van der Waals surface area contributed by atoms with E-state index in [1.165, 1.54) is 0 Å². The summed E-state index contributed by atoms with van der Waals surface area (Å²) in [5.74, 6) is 0.556. The summed E-state index contributed by atoms with van der Waals surface area (Å²) in [5, 5.41) is 0.902. The van der Waals surface area contributed by atoms with E-state index in [1.807, 2.05) is 30.3 Å². The van der Waals surface area contributed by atoms with Crippen molar-refractivity contribution in [1.29, 1.82) is 0 Å². The van der Waals surface area contributed by atoms with E-state index in [-0.39, 0.29) is 12.4 Å². The van der Waals surface area contributed by atoms with Crippen LogP contribution in [0.3, 0.4) is 0 Å². The summed E-state index contributed by atoms with van der Waals surface area (Å²) in [7, 11) is 1.75. The van der Waals surface area contributed by atoms with E-state index in [4.69, 9.17) is 15.4 Å². The van der Waals surface area contributed by atoms with Crippen LogP contribution in [0.2, 0.25) is 0 Å². The Kier molecular flexibility index (Phi) is 4.20. The average Bonchev–Trinajstić information content (AvgIpc) is 2.33. The molecule has 0 spiro atoms. The van der Waals surface area contributed by atoms with Gasteiger partial charge in [-0.05, 0) is 24.3 Å². The van der Waals surface area contributed by atoms with Crippen LogP contribution >= 0.6 is 10.7 Å². The van der Waals surface area contributed by atoms with Gasteiger partial charge < -0.3 is 4.74 Å². The van der Waals surface area contributed by atoms with Gasteiger partial charge in [0.1, 0.15) is 5.75 Å². The van der Waals surface area contributed by atoms with Crippen LogP contribution in [0.15, 0.2) is 36.5 Å². The lowest BCUT2D eigenvalue weighted by molar-refractivity contribution is 0.202. The van der Waals surface area contributed by atoms with E-state index in [9.17, 15) is 8.42 Å². The first kappa shape index (κ1) is 15.1. The molecule has 2 rings (SSSR count). The van der Waals surface area contributed by atoms with Crippen molar-refractivity contribution < 1.29 is 13.2 Å². The van der Waals surface area contributed by atoms with Gasteiger partial charge in [0.2, 0.25) is 9.05 Å². The number of halogens is 1. The molecule has 4 nitrogen and oxygen atoms in total. The normalized spacial score (nSPS) is 12.6. The fourth-order valence-corrected chi connectivity index (χ4v) is 3.89. The molecule has 0 fully saturated rings. The first-order valence-electron chi connectivity index (χ1n) is 6.16. The van der Waals surface area contributed by atoms with Gasteiger partial charge in [0.05, 0.1) is 17.9 Å². The van der Waals surface area contributed by atoms with Crippen molar-refractivity contribution in [2.45, 2.75) is 13.8 Å². The second-order valence-electron chi connectivity index (χ2n) is 5.46. The van der Waals surface area contributed by atoms with Crippen LogP contribution in [-0.4, -0.2) is 25.8 Å². The van der Waals surface area contributed by atoms with E-state index in [0.29, 0.717) is 5.75 Å². The minimum atomic E-state index is -3.55. The summed E-state index contributed by atoms with van der Waals surface area (Å²) >= 11 is 0. The Hall–Kier alpha value is -1.33. The minimum Gasteiger partial charge on any atom is -0.492 e. The molecule has 0 aliphatic rings. The standard InChI is InChI=1S/C14H16ClNO3S/c1-14(2,10-20(15,17)18)9-19-13-7-3-6-12-11(13)5-4-8-16-12/h3-8H,9-10H2,1-2H3. The van der Waals surface area contributed by atoms with Gasteiger partial charge in [-0.2, -0.15) is 0 Å². The van der Waals surface area contributed by atoms with Crippen LogP contribution in [0, 0.1) is 5.41 Å². The molecule has 0 atom stereocenters. The van der Waals surface area contributed by atoms with Crippen LogP contribution in [0.4, 0.5) is 0 Å². The minimum absolute atomic E-state index is 0.134. The smallest absolute Gasteiger partial charge is 0.233 e. The number of nitrogens with zero attached hydrogens (tertiary/aromatic N) is 1. The quantitative estimate of drug-likeness (QED) is 0.795. The molecule has 2 aromatic rings. The second kappa shape index (κ2) is 5.58. The fourth-order valence-electron chi connectivity index (χ4n) is 1.98. The number of benzene rings is 1. The molecule has 0 unspecified atom stereocenters. The van der Waals surface area contributed by atoms with Gasteiger partial charge in [-0.1, -0.05) is 19.9 Å². The number of hydrogen-bond donors (Lipinski definition) is 0. The van der Waals surface area contributed by atoms with Gasteiger partial charge in [-0.15, -0.1) is 0 Å². The Morgan fingerprint density at radius 3 is 2.70 bits per heavy atom. The fraction of sp³-hybridized carbons (Fsp3) is 0.357. The highest BCUT2D eigenvalue weighted by atomic mass is 35.7. The second-order valence-corrected chi connectivity index (χ2v) is 8.24. The zero-order chi connectivity index (χ0) is 14.8. The first-order valence-corrected chi connectivity index (χ1v) is 8.64. The summed E-state index contributed by atoms with van der Waals surface area (Å²) in [5.41, 5.74) is 0.276. The molecule has 6 heteroatoms. The Labute approximate surface area is 123 Å². The lowest BCUT2D eigenvalue weighted by Gasteiger charge is -2.23. The van der Waals surface area contributed by atoms with Gasteiger partial charge in [0.15, 0.2) is 0 Å². The molecule has 0 amide bonds. The summed E-state index contributed by atoms with van der Waals surface area (Å²) in [4.78, 5) is 4.25. The summed E-state index contributed by atoms with van der Waals surface area (Å²) in [6, 6.07) is 9.36. The van der Waals surface area contributed by atoms with Crippen molar-refractivity contribution in [3.05, 3.63) is 36.5 Å². The van der Waals surface area contributed by atoms with Crippen LogP contribution in [0.25, 0.3) is 10.9 Å². The molecule has 0 saturated heterocycles. The van der Waals surface area contributed by atoms with Crippen molar-refractivity contribution in [3.8, 4) is 5.75 Å². The number of fused-ring (bicyclic) bond motifs is 1. The number of hydrogen-bond acceptors (Lipinski definition) is 4. The van der Waals surface area contributed by atoms with Gasteiger partial charge in [-0.3, -0.25) is 4.98 Å². The van der Waals surface area contributed by atoms with Crippen molar-refractivity contribution in [3.63, 3.8) is 0 Å². The highest BCUT2D eigenvalue weighted by Crippen LogP contribution is 2.27. The molecule has 0 bridgehead atoms. The molecule has 0 N–H and O–H groups in total. The van der Waals surface area contributed by atoms with Crippen LogP contribution < -0.4 is 4.74 Å². The van der Waals surface area contributed by atoms with Crippen molar-refractivity contribution in [2.24, 2.45) is 5.41 Å². The lowest BCUT2D eigenvalue weighted by atomic mass is 9.98. The lowest BCUT2D eigenvalue weighted by Crippen LogP contribution is -2.28. The Bertz CT molecular complexity index is 708. The maximum absolute atomic E-state index is 11.2. The van der Waals surface area contributed by atoms with Crippen molar-refractivity contribution in [2.75, 3.05) is 12.4 Å². The van der Waals surface area contributed by atoms with E-state index >= 15 is 0 Å². The number of aromatic nitrogens is 1. The molecule has 20 heavy (non-hydrogen) atoms. The largest absolute Gasteiger partial charge is 0.492 e. The number of pyridine rings is 1. The predicted octanol–water partition coefficient (Wildman–Crippen LogP) is 3.21. The van der Waals surface area contributed by atoms with Gasteiger partial charge in [-0.25, -0.2) is 8.42 Å². The zero-order valence-corrected chi connectivity index (χ0v) is 12.9. The van der Waals surface area contributed by atoms with E-state index in [1.54, 1.807) is 20.0 Å². The highest BCUT2D eigenvalue weighted by molar-refractivity contribution is 8.13. The van der Waals surface area contributed by atoms with Crippen LogP contribution in [0.1, 0.15) is 13.8 Å². The maximum atomic E-state index is 11.2. The molecule has 1 aromatic heterocycles. The van der Waals surface area contributed by atoms with Gasteiger partial charge >= 0.3 is 0 Å². The molecule has 0 radical (unpaired) electrons. The SMILES string of the molecule is CC(C)(COc1cccc2ncccc12)CS(=O)(=O)Cl. The van der Waals surface area contributed by atoms with E-state index in [0.717, 1.165) is 10.9 Å². The third-order valence-electron chi connectivity index (χ3n) is 2.79. The van der Waals surface area contributed by atoms with E-state index in [2.05, 4.69) is 4.98 Å². The molecule has 108 valence electrons. The molecular weight excluding hydrogens is 298 g/mol. The summed E-state index contributed by atoms with van der Waals surface area (Å²) in [6.45, 7) is 3.86. The summed E-state index contributed by atoms with van der Waals surface area (Å²) < 4.78 is 28.1. The number of ether oxygens (including phenoxy) is 1. The summed E-state index contributed by atoms with van der Waals surface area (Å²) in [6.07, 6.45) is 1.72. The van der Waals surface area contributed by atoms with Crippen LogP contribution in [0.5, 0.6) is 5.75 Å². The molecule has 0 saturated carbocycles. The third kappa shape index (κ3) is 4.08. The van der Waals surface area contributed by atoms with Crippen LogP contribution in [-0.2, 0) is 9.05 Å². The Balaban J connectivity index is 2.17. The molecule has 1 heterocycles. The third-order valence-corrected chi connectivity index (χ3v) is 4.24. The first-order chi connectivity index (χ1) is 9.27. The van der Waals surface area contributed by atoms with Gasteiger partial charge in [0, 0.05) is 27.7 Å². The van der Waals surface area contributed by atoms with Crippen molar-refractivity contribution >= 4 is 30.6 Å². The predicted molar refractivity (Wildman–Crippen MR) is 80.7 cm³/mol. The monoisotopic (exact) mass is 313 g/mol. The molecular formula is C14H16ClNO3S. The van der Waals surface area contributed by atoms with E-state index < -0.39 is 14.5 Å². The molecule has 0 aliphatic carbocycles. The Morgan fingerprint density at radius 1 is 1.25 bits per heavy atom. The van der Waals surface area contributed by atoms with Gasteiger partial charge in [0.25, 0.3) is 0 Å². The average molecular weight is 314 g/mol. The van der Waals surface area contributed by atoms with Crippen molar-refractivity contribution in [1.82, 2.24) is 4.98 Å². The zero-order valence-electron chi connectivity index (χ0n) is 11.3. The molecule has 1 aromatic carbocycles. The Morgan fingerprint density at radius 2 is 2.00 bits per heavy atom. The maximum Gasteiger partial charge on any atom is 0.233 e. The highest BCUT2D eigenvalue weighted by Gasteiger charge is 2.26. The molecule has 0 aliphatic heterocycles.